The summed E-state index contributed by atoms with van der Waals surface area (Å²) >= 11 is 0. The molecule has 0 saturated heterocycles. The third-order valence-corrected chi connectivity index (χ3v) is 3.85. The molecule has 1 aliphatic heterocycles. The molecule has 6 heteroatoms. The molecule has 0 aromatic heterocycles. The Morgan fingerprint density at radius 3 is 2.65 bits per heavy atom. The van der Waals surface area contributed by atoms with Gasteiger partial charge in [0.15, 0.2) is 11.5 Å². The van der Waals surface area contributed by atoms with E-state index in [1.165, 1.54) is 0 Å². The van der Waals surface area contributed by atoms with Crippen molar-refractivity contribution in [2.45, 2.75) is 32.7 Å². The van der Waals surface area contributed by atoms with E-state index in [0.717, 1.165) is 17.1 Å². The first-order chi connectivity index (χ1) is 11.0. The minimum absolute atomic E-state index is 0.0832. The lowest BCUT2D eigenvalue weighted by Gasteiger charge is -2.20. The minimum Gasteiger partial charge on any atom is -0.486 e. The molecule has 1 N–H and O–H groups in total. The monoisotopic (exact) mass is 320 g/mol. The maximum atomic E-state index is 12.0. The van der Waals surface area contributed by atoms with Gasteiger partial charge in [-0.15, -0.1) is 0 Å². The number of aryl methyl sites for hydroxylation is 1. The Kier molecular flexibility index (Phi) is 5.84. The number of ether oxygens (including phenoxy) is 2. The van der Waals surface area contributed by atoms with Crippen molar-refractivity contribution >= 4 is 11.8 Å². The highest BCUT2D eigenvalue weighted by molar-refractivity contribution is 5.87. The van der Waals surface area contributed by atoms with Crippen molar-refractivity contribution in [3.8, 4) is 11.5 Å². The second-order valence-corrected chi connectivity index (χ2v) is 5.62. The van der Waals surface area contributed by atoms with E-state index >= 15 is 0 Å². The molecule has 1 aromatic carbocycles. The summed E-state index contributed by atoms with van der Waals surface area (Å²) in [6, 6.07) is 5.19. The maximum absolute atomic E-state index is 12.0. The van der Waals surface area contributed by atoms with Gasteiger partial charge in [0.2, 0.25) is 11.8 Å². The van der Waals surface area contributed by atoms with Gasteiger partial charge in [0, 0.05) is 20.0 Å². The molecule has 23 heavy (non-hydrogen) atoms. The number of carbonyl (C=O) groups excluding carboxylic acids is 2. The molecule has 1 atom stereocenters. The molecule has 6 nitrogen and oxygen atoms in total. The third-order valence-electron chi connectivity index (χ3n) is 3.85. The fourth-order valence-corrected chi connectivity index (χ4v) is 2.36. The van der Waals surface area contributed by atoms with Gasteiger partial charge >= 0.3 is 0 Å². The van der Waals surface area contributed by atoms with Crippen LogP contribution < -0.4 is 14.8 Å². The number of benzene rings is 1. The second kappa shape index (κ2) is 7.85. The third kappa shape index (κ3) is 4.61. The Hall–Kier alpha value is -2.24. The highest BCUT2D eigenvalue weighted by atomic mass is 16.6. The lowest BCUT2D eigenvalue weighted by molar-refractivity contribution is -0.134. The van der Waals surface area contributed by atoms with Crippen molar-refractivity contribution in [2.24, 2.45) is 0 Å². The quantitative estimate of drug-likeness (QED) is 0.860. The molecule has 0 unspecified atom stereocenters. The van der Waals surface area contributed by atoms with Crippen molar-refractivity contribution < 1.29 is 19.1 Å². The molecule has 0 fully saturated rings. The zero-order valence-corrected chi connectivity index (χ0v) is 13.9. The molecule has 0 bridgehead atoms. The van der Waals surface area contributed by atoms with Crippen molar-refractivity contribution in [3.63, 3.8) is 0 Å². The summed E-state index contributed by atoms with van der Waals surface area (Å²) in [7, 11) is 1.72. The van der Waals surface area contributed by atoms with E-state index in [2.05, 4.69) is 5.32 Å². The van der Waals surface area contributed by atoms with Gasteiger partial charge in [0.25, 0.3) is 0 Å². The first-order valence-corrected chi connectivity index (χ1v) is 7.94. The number of rotatable bonds is 6. The zero-order chi connectivity index (χ0) is 16.8. The lowest BCUT2D eigenvalue weighted by Crippen LogP contribution is -2.45. The smallest absolute Gasteiger partial charge is 0.244 e. The molecule has 1 aliphatic rings. The highest BCUT2D eigenvalue weighted by Gasteiger charge is 2.18. The average Bonchev–Trinajstić information content (AvgIpc) is 2.58. The fraction of sp³-hybridized carbons (Fsp3) is 0.529. The second-order valence-electron chi connectivity index (χ2n) is 5.62. The van der Waals surface area contributed by atoms with Gasteiger partial charge < -0.3 is 19.7 Å². The van der Waals surface area contributed by atoms with Crippen LogP contribution in [0.4, 0.5) is 0 Å². The standard InChI is InChI=1S/C17H24N2O4/c1-4-19(3)17(21)12(2)18-16(20)8-6-13-5-7-14-15(11-13)23-10-9-22-14/h5,7,11-12H,4,6,8-10H2,1-3H3,(H,18,20)/t12-/m0/s1. The first kappa shape index (κ1) is 17.1. The number of likely N-dealkylation sites (N-methyl/N-ethyl adjacent to an activating group) is 1. The molecular formula is C17H24N2O4. The van der Waals surface area contributed by atoms with Crippen molar-refractivity contribution in [3.05, 3.63) is 23.8 Å². The summed E-state index contributed by atoms with van der Waals surface area (Å²) in [4.78, 5) is 25.5. The molecule has 2 rings (SSSR count). The van der Waals surface area contributed by atoms with Crippen LogP contribution in [0.1, 0.15) is 25.8 Å². The van der Waals surface area contributed by atoms with Gasteiger partial charge in [-0.1, -0.05) is 6.07 Å². The average molecular weight is 320 g/mol. The molecule has 0 aliphatic carbocycles. The van der Waals surface area contributed by atoms with Crippen LogP contribution in [0.3, 0.4) is 0 Å². The topological polar surface area (TPSA) is 67.9 Å². The van der Waals surface area contributed by atoms with Gasteiger partial charge in [0.05, 0.1) is 0 Å². The number of hydrogen-bond donors (Lipinski definition) is 1. The van der Waals surface area contributed by atoms with Crippen molar-refractivity contribution in [1.29, 1.82) is 0 Å². The predicted octanol–water partition coefficient (Wildman–Crippen LogP) is 1.37. The van der Waals surface area contributed by atoms with Gasteiger partial charge in [-0.05, 0) is 38.0 Å². The predicted molar refractivity (Wildman–Crippen MR) is 86.7 cm³/mol. The summed E-state index contributed by atoms with van der Waals surface area (Å²) in [6.45, 7) is 5.33. The van der Waals surface area contributed by atoms with Gasteiger partial charge in [0.1, 0.15) is 19.3 Å². The van der Waals surface area contributed by atoms with Crippen LogP contribution in [0, 0.1) is 0 Å². The number of amides is 2. The Morgan fingerprint density at radius 1 is 1.26 bits per heavy atom. The van der Waals surface area contributed by atoms with E-state index in [4.69, 9.17) is 9.47 Å². The van der Waals surface area contributed by atoms with Crippen LogP contribution in [0.15, 0.2) is 18.2 Å². The highest BCUT2D eigenvalue weighted by Crippen LogP contribution is 2.31. The molecule has 2 amide bonds. The van der Waals surface area contributed by atoms with Gasteiger partial charge in [-0.25, -0.2) is 0 Å². The fourth-order valence-electron chi connectivity index (χ4n) is 2.36. The van der Waals surface area contributed by atoms with Crippen molar-refractivity contribution in [1.82, 2.24) is 10.2 Å². The number of hydrogen-bond acceptors (Lipinski definition) is 4. The minimum atomic E-state index is -0.507. The van der Waals surface area contributed by atoms with Gasteiger partial charge in [-0.2, -0.15) is 0 Å². The lowest BCUT2D eigenvalue weighted by atomic mass is 10.1. The van der Waals surface area contributed by atoms with Gasteiger partial charge in [-0.3, -0.25) is 9.59 Å². The Morgan fingerprint density at radius 2 is 1.96 bits per heavy atom. The van der Waals surface area contributed by atoms with E-state index < -0.39 is 6.04 Å². The first-order valence-electron chi connectivity index (χ1n) is 7.94. The van der Waals surface area contributed by atoms with E-state index in [-0.39, 0.29) is 11.8 Å². The number of nitrogens with zero attached hydrogens (tertiary/aromatic N) is 1. The SMILES string of the molecule is CCN(C)C(=O)[C@H](C)NC(=O)CCc1ccc2c(c1)OCCO2. The molecule has 0 saturated carbocycles. The molecule has 1 aromatic rings. The van der Waals surface area contributed by atoms with Crippen LogP contribution in [-0.2, 0) is 16.0 Å². The summed E-state index contributed by atoms with van der Waals surface area (Å²) in [6.07, 6.45) is 0.917. The van der Waals surface area contributed by atoms with Crippen molar-refractivity contribution in [2.75, 3.05) is 26.8 Å². The zero-order valence-electron chi connectivity index (χ0n) is 13.9. The Balaban J connectivity index is 1.83. The van der Waals surface area contributed by atoms with Crippen LogP contribution in [0.2, 0.25) is 0 Å². The maximum Gasteiger partial charge on any atom is 0.244 e. The van der Waals surface area contributed by atoms with E-state index in [9.17, 15) is 9.59 Å². The van der Waals surface area contributed by atoms with E-state index in [0.29, 0.717) is 32.6 Å². The molecule has 1 heterocycles. The largest absolute Gasteiger partial charge is 0.486 e. The number of carbonyl (C=O) groups is 2. The molecular weight excluding hydrogens is 296 g/mol. The summed E-state index contributed by atoms with van der Waals surface area (Å²) < 4.78 is 11.0. The summed E-state index contributed by atoms with van der Waals surface area (Å²) in [5, 5.41) is 2.74. The molecule has 0 radical (unpaired) electrons. The van der Waals surface area contributed by atoms with Crippen LogP contribution >= 0.6 is 0 Å². The Labute approximate surface area is 136 Å². The van der Waals surface area contributed by atoms with Crippen LogP contribution in [0.25, 0.3) is 0 Å². The summed E-state index contributed by atoms with van der Waals surface area (Å²) in [5.74, 6) is 1.25. The molecule has 126 valence electrons. The van der Waals surface area contributed by atoms with E-state index in [1.54, 1.807) is 18.9 Å². The summed E-state index contributed by atoms with van der Waals surface area (Å²) in [5.41, 5.74) is 1.01. The molecule has 0 spiro atoms. The van der Waals surface area contributed by atoms with Crippen LogP contribution in [0.5, 0.6) is 11.5 Å². The van der Waals surface area contributed by atoms with E-state index in [1.807, 2.05) is 25.1 Å². The number of nitrogens with one attached hydrogen (secondary N) is 1. The number of fused-ring (bicyclic) bond motifs is 1. The Bertz CT molecular complexity index is 574. The normalized spacial score (nSPS) is 14.0. The van der Waals surface area contributed by atoms with Crippen LogP contribution in [-0.4, -0.2) is 49.6 Å².